The molecular weight excluding hydrogens is 248 g/mol. The first-order valence-electron chi connectivity index (χ1n) is 8.83. The average Bonchev–Trinajstić information content (AvgIpc) is 2.50. The molecule has 0 spiro atoms. The minimum absolute atomic E-state index is 0.384. The highest BCUT2D eigenvalue weighted by atomic mass is 16.3. The summed E-state index contributed by atoms with van der Waals surface area (Å²) in [4.78, 5) is 2.65. The van der Waals surface area contributed by atoms with Crippen LogP contribution in [0.15, 0.2) is 0 Å². The molecule has 2 aliphatic rings. The van der Waals surface area contributed by atoms with Crippen molar-refractivity contribution >= 4 is 0 Å². The third-order valence-electron chi connectivity index (χ3n) is 5.59. The number of hydrogen-bond acceptors (Lipinski definition) is 3. The first-order valence-corrected chi connectivity index (χ1v) is 8.83. The first kappa shape index (κ1) is 16.3. The fraction of sp³-hybridized carbons (Fsp3) is 1.00. The second-order valence-corrected chi connectivity index (χ2v) is 6.94. The number of nitrogens with zero attached hydrogens (tertiary/aromatic N) is 1. The van der Waals surface area contributed by atoms with Crippen LogP contribution in [-0.4, -0.2) is 48.8 Å². The van der Waals surface area contributed by atoms with Crippen molar-refractivity contribution in [2.24, 2.45) is 17.8 Å². The summed E-state index contributed by atoms with van der Waals surface area (Å²) in [6.45, 7) is 9.72. The van der Waals surface area contributed by atoms with Crippen molar-refractivity contribution in [2.45, 2.75) is 58.4 Å². The number of rotatable bonds is 6. The van der Waals surface area contributed by atoms with Gasteiger partial charge in [0.05, 0.1) is 0 Å². The van der Waals surface area contributed by atoms with Crippen molar-refractivity contribution in [1.82, 2.24) is 10.2 Å². The van der Waals surface area contributed by atoms with Gasteiger partial charge in [0.15, 0.2) is 0 Å². The normalized spacial score (nSPS) is 33.5. The minimum Gasteiger partial charge on any atom is -0.396 e. The molecule has 118 valence electrons. The summed E-state index contributed by atoms with van der Waals surface area (Å²) in [5, 5.41) is 13.0. The molecule has 1 saturated heterocycles. The lowest BCUT2D eigenvalue weighted by Gasteiger charge is -2.41. The zero-order valence-electron chi connectivity index (χ0n) is 13.5. The van der Waals surface area contributed by atoms with E-state index in [1.807, 2.05) is 0 Å². The molecule has 0 aromatic carbocycles. The number of aliphatic hydroxyl groups is 1. The summed E-state index contributed by atoms with van der Waals surface area (Å²) in [5.41, 5.74) is 0. The molecule has 0 radical (unpaired) electrons. The molecule has 1 saturated carbocycles. The van der Waals surface area contributed by atoms with Crippen LogP contribution in [0.2, 0.25) is 0 Å². The molecule has 3 nitrogen and oxygen atoms in total. The molecule has 2 fully saturated rings. The highest BCUT2D eigenvalue weighted by Gasteiger charge is 2.31. The van der Waals surface area contributed by atoms with E-state index < -0.39 is 0 Å². The Morgan fingerprint density at radius 3 is 2.40 bits per heavy atom. The van der Waals surface area contributed by atoms with Crippen LogP contribution < -0.4 is 5.32 Å². The van der Waals surface area contributed by atoms with Crippen molar-refractivity contribution in [2.75, 3.05) is 32.8 Å². The summed E-state index contributed by atoms with van der Waals surface area (Å²) >= 11 is 0. The summed E-state index contributed by atoms with van der Waals surface area (Å²) in [5.74, 6) is 2.34. The summed E-state index contributed by atoms with van der Waals surface area (Å²) in [6.07, 6.45) is 7.91. The molecule has 0 aromatic heterocycles. The Morgan fingerprint density at radius 2 is 1.80 bits per heavy atom. The summed E-state index contributed by atoms with van der Waals surface area (Å²) in [7, 11) is 0. The van der Waals surface area contributed by atoms with E-state index in [4.69, 9.17) is 0 Å². The molecule has 2 N–H and O–H groups in total. The molecule has 3 unspecified atom stereocenters. The van der Waals surface area contributed by atoms with Gasteiger partial charge in [-0.2, -0.15) is 0 Å². The van der Waals surface area contributed by atoms with Crippen LogP contribution in [0.3, 0.4) is 0 Å². The smallest absolute Gasteiger partial charge is 0.0460 e. The monoisotopic (exact) mass is 282 g/mol. The SMILES string of the molecule is CCNC1CCC(CC)CC1CN1CCC(CO)CC1. The maximum atomic E-state index is 9.25. The number of hydrogen-bond donors (Lipinski definition) is 2. The molecule has 2 rings (SSSR count). The first-order chi connectivity index (χ1) is 9.76. The molecular formula is C17H34N2O. The van der Waals surface area contributed by atoms with Gasteiger partial charge in [-0.05, 0) is 69.5 Å². The Balaban J connectivity index is 1.83. The second kappa shape index (κ2) is 8.35. The Kier molecular flexibility index (Phi) is 6.79. The van der Waals surface area contributed by atoms with Crippen molar-refractivity contribution in [3.05, 3.63) is 0 Å². The van der Waals surface area contributed by atoms with Crippen LogP contribution in [0.1, 0.15) is 52.4 Å². The van der Waals surface area contributed by atoms with Crippen LogP contribution in [0.4, 0.5) is 0 Å². The predicted octanol–water partition coefficient (Wildman–Crippen LogP) is 2.50. The zero-order chi connectivity index (χ0) is 14.4. The molecule has 20 heavy (non-hydrogen) atoms. The van der Waals surface area contributed by atoms with Crippen LogP contribution >= 0.6 is 0 Å². The van der Waals surface area contributed by atoms with Crippen LogP contribution in [0, 0.1) is 17.8 Å². The van der Waals surface area contributed by atoms with Gasteiger partial charge in [0.25, 0.3) is 0 Å². The van der Waals surface area contributed by atoms with E-state index >= 15 is 0 Å². The van der Waals surface area contributed by atoms with Gasteiger partial charge < -0.3 is 15.3 Å². The largest absolute Gasteiger partial charge is 0.396 e. The lowest BCUT2D eigenvalue weighted by Crippen LogP contribution is -2.47. The molecule has 0 amide bonds. The zero-order valence-corrected chi connectivity index (χ0v) is 13.5. The molecule has 3 heteroatoms. The fourth-order valence-electron chi connectivity index (χ4n) is 4.15. The second-order valence-electron chi connectivity index (χ2n) is 6.94. The molecule has 1 aliphatic carbocycles. The van der Waals surface area contributed by atoms with Crippen LogP contribution in [-0.2, 0) is 0 Å². The maximum absolute atomic E-state index is 9.25. The van der Waals surface area contributed by atoms with Gasteiger partial charge in [-0.25, -0.2) is 0 Å². The van der Waals surface area contributed by atoms with E-state index in [9.17, 15) is 5.11 Å². The Bertz CT molecular complexity index is 264. The third-order valence-corrected chi connectivity index (χ3v) is 5.59. The molecule has 1 aliphatic heterocycles. The average molecular weight is 282 g/mol. The molecule has 0 aromatic rings. The van der Waals surface area contributed by atoms with Crippen molar-refractivity contribution in [3.8, 4) is 0 Å². The van der Waals surface area contributed by atoms with E-state index in [-0.39, 0.29) is 0 Å². The summed E-state index contributed by atoms with van der Waals surface area (Å²) in [6, 6.07) is 0.735. The quantitative estimate of drug-likeness (QED) is 0.786. The standard InChI is InChI=1S/C17H34N2O/c1-3-14-5-6-17(18-4-2)16(11-14)12-19-9-7-15(13-20)8-10-19/h14-18,20H,3-13H2,1-2H3. The minimum atomic E-state index is 0.384. The molecule has 1 heterocycles. The van der Waals surface area contributed by atoms with Crippen molar-refractivity contribution in [1.29, 1.82) is 0 Å². The van der Waals surface area contributed by atoms with Crippen molar-refractivity contribution < 1.29 is 5.11 Å². The van der Waals surface area contributed by atoms with Gasteiger partial charge in [-0.15, -0.1) is 0 Å². The molecule has 3 atom stereocenters. The predicted molar refractivity (Wildman–Crippen MR) is 84.8 cm³/mol. The maximum Gasteiger partial charge on any atom is 0.0460 e. The lowest BCUT2D eigenvalue weighted by atomic mass is 9.76. The highest BCUT2D eigenvalue weighted by Crippen LogP contribution is 2.32. The van der Waals surface area contributed by atoms with E-state index in [1.54, 1.807) is 0 Å². The Hall–Kier alpha value is -0.120. The van der Waals surface area contributed by atoms with E-state index in [0.29, 0.717) is 12.5 Å². The number of nitrogens with one attached hydrogen (secondary N) is 1. The van der Waals surface area contributed by atoms with Gasteiger partial charge in [-0.3, -0.25) is 0 Å². The highest BCUT2D eigenvalue weighted by molar-refractivity contribution is 4.87. The van der Waals surface area contributed by atoms with Crippen LogP contribution in [0.5, 0.6) is 0 Å². The number of aliphatic hydroxyl groups excluding tert-OH is 1. The van der Waals surface area contributed by atoms with Gasteiger partial charge in [0, 0.05) is 19.2 Å². The van der Waals surface area contributed by atoms with E-state index in [0.717, 1.165) is 24.4 Å². The number of likely N-dealkylation sites (tertiary alicyclic amines) is 1. The summed E-state index contributed by atoms with van der Waals surface area (Å²) < 4.78 is 0. The Labute approximate surface area is 125 Å². The number of piperidine rings is 1. The van der Waals surface area contributed by atoms with Gasteiger partial charge in [0.1, 0.15) is 0 Å². The third kappa shape index (κ3) is 4.44. The van der Waals surface area contributed by atoms with Gasteiger partial charge in [0.2, 0.25) is 0 Å². The molecule has 0 bridgehead atoms. The Morgan fingerprint density at radius 1 is 1.05 bits per heavy atom. The lowest BCUT2D eigenvalue weighted by molar-refractivity contribution is 0.0921. The topological polar surface area (TPSA) is 35.5 Å². The van der Waals surface area contributed by atoms with Crippen LogP contribution in [0.25, 0.3) is 0 Å². The van der Waals surface area contributed by atoms with E-state index in [1.165, 1.54) is 58.2 Å². The van der Waals surface area contributed by atoms with Crippen molar-refractivity contribution in [3.63, 3.8) is 0 Å². The van der Waals surface area contributed by atoms with E-state index in [2.05, 4.69) is 24.1 Å². The van der Waals surface area contributed by atoms with Gasteiger partial charge in [-0.1, -0.05) is 20.3 Å². The van der Waals surface area contributed by atoms with Gasteiger partial charge >= 0.3 is 0 Å². The fourth-order valence-corrected chi connectivity index (χ4v) is 4.15.